The molecule has 0 atom stereocenters. The lowest BCUT2D eigenvalue weighted by molar-refractivity contribution is -0.138. The minimum absolute atomic E-state index is 0.0764. The Morgan fingerprint density at radius 2 is 2.07 bits per heavy atom. The Kier molecular flexibility index (Phi) is 3.12. The average molecular weight is 210 g/mol. The van der Waals surface area contributed by atoms with Crippen LogP contribution in [0.25, 0.3) is 0 Å². The number of carboxylic acids is 1. The molecule has 15 heavy (non-hydrogen) atoms. The van der Waals surface area contributed by atoms with Gasteiger partial charge in [-0.1, -0.05) is 26.0 Å². The summed E-state index contributed by atoms with van der Waals surface area (Å²) in [7, 11) is 0. The third kappa shape index (κ3) is 2.78. The summed E-state index contributed by atoms with van der Waals surface area (Å²) in [6.45, 7) is 5.26. The van der Waals surface area contributed by atoms with E-state index in [-0.39, 0.29) is 12.2 Å². The molecule has 82 valence electrons. The first kappa shape index (κ1) is 11.7. The first-order chi connectivity index (χ1) is 6.83. The molecule has 0 amide bonds. The predicted molar refractivity (Wildman–Crippen MR) is 56.4 cm³/mol. The molecule has 0 radical (unpaired) electrons. The maximum Gasteiger partial charge on any atom is 0.304 e. The van der Waals surface area contributed by atoms with Crippen molar-refractivity contribution in [2.75, 3.05) is 0 Å². The third-order valence-electron chi connectivity index (χ3n) is 2.45. The summed E-state index contributed by atoms with van der Waals surface area (Å²) >= 11 is 0. The summed E-state index contributed by atoms with van der Waals surface area (Å²) in [6, 6.07) is 4.88. The van der Waals surface area contributed by atoms with Gasteiger partial charge in [0.25, 0.3) is 0 Å². The fourth-order valence-electron chi connectivity index (χ4n) is 1.64. The molecular formula is C12H15FO2. The number of hydrogen-bond acceptors (Lipinski definition) is 1. The van der Waals surface area contributed by atoms with Gasteiger partial charge in [0.2, 0.25) is 0 Å². The Morgan fingerprint density at radius 1 is 1.47 bits per heavy atom. The van der Waals surface area contributed by atoms with Crippen LogP contribution in [0.5, 0.6) is 0 Å². The van der Waals surface area contributed by atoms with E-state index in [1.807, 2.05) is 0 Å². The van der Waals surface area contributed by atoms with Crippen molar-refractivity contribution in [2.45, 2.75) is 32.6 Å². The fourth-order valence-corrected chi connectivity index (χ4v) is 1.64. The quantitative estimate of drug-likeness (QED) is 0.832. The van der Waals surface area contributed by atoms with Crippen molar-refractivity contribution < 1.29 is 14.3 Å². The molecule has 1 rings (SSSR count). The van der Waals surface area contributed by atoms with Crippen molar-refractivity contribution in [1.29, 1.82) is 0 Å². The highest BCUT2D eigenvalue weighted by Gasteiger charge is 2.26. The van der Waals surface area contributed by atoms with Crippen molar-refractivity contribution in [1.82, 2.24) is 0 Å². The average Bonchev–Trinajstić information content (AvgIpc) is 1.99. The van der Waals surface area contributed by atoms with Crippen LogP contribution in [0.3, 0.4) is 0 Å². The van der Waals surface area contributed by atoms with Crippen LogP contribution in [0.4, 0.5) is 4.39 Å². The third-order valence-corrected chi connectivity index (χ3v) is 2.45. The first-order valence-electron chi connectivity index (χ1n) is 4.81. The summed E-state index contributed by atoms with van der Waals surface area (Å²) in [5.74, 6) is -1.25. The van der Waals surface area contributed by atoms with Crippen LogP contribution >= 0.6 is 0 Å². The van der Waals surface area contributed by atoms with E-state index in [0.29, 0.717) is 5.56 Å². The predicted octanol–water partition coefficient (Wildman–Crippen LogP) is 2.89. The van der Waals surface area contributed by atoms with E-state index in [4.69, 9.17) is 5.11 Å². The zero-order valence-corrected chi connectivity index (χ0v) is 9.17. The molecule has 1 aromatic rings. The number of rotatable bonds is 3. The Labute approximate surface area is 88.7 Å². The Hall–Kier alpha value is -1.38. The summed E-state index contributed by atoms with van der Waals surface area (Å²) < 4.78 is 13.6. The van der Waals surface area contributed by atoms with Gasteiger partial charge < -0.3 is 5.11 Å². The second-order valence-corrected chi connectivity index (χ2v) is 4.44. The van der Waals surface area contributed by atoms with Crippen molar-refractivity contribution >= 4 is 5.97 Å². The van der Waals surface area contributed by atoms with E-state index >= 15 is 0 Å². The largest absolute Gasteiger partial charge is 0.481 e. The second-order valence-electron chi connectivity index (χ2n) is 4.44. The van der Waals surface area contributed by atoms with Gasteiger partial charge in [-0.2, -0.15) is 0 Å². The lowest BCUT2D eigenvalue weighted by atomic mass is 9.81. The second kappa shape index (κ2) is 4.01. The summed E-state index contributed by atoms with van der Waals surface area (Å²) in [6.07, 6.45) is -0.0764. The fraction of sp³-hybridized carbons (Fsp3) is 0.417. The van der Waals surface area contributed by atoms with E-state index in [2.05, 4.69) is 0 Å². The standard InChI is InChI=1S/C12H15FO2/c1-8-4-5-9(10(13)6-8)12(2,3)7-11(14)15/h4-6H,7H2,1-3H3,(H,14,15). The van der Waals surface area contributed by atoms with Gasteiger partial charge in [-0.05, 0) is 24.1 Å². The first-order valence-corrected chi connectivity index (χ1v) is 4.81. The Morgan fingerprint density at radius 3 is 2.53 bits per heavy atom. The zero-order valence-electron chi connectivity index (χ0n) is 9.17. The van der Waals surface area contributed by atoms with Gasteiger partial charge in [0.1, 0.15) is 5.82 Å². The van der Waals surface area contributed by atoms with Gasteiger partial charge >= 0.3 is 5.97 Å². The molecule has 0 fully saturated rings. The van der Waals surface area contributed by atoms with Crippen LogP contribution in [0.1, 0.15) is 31.4 Å². The summed E-state index contributed by atoms with van der Waals surface area (Å²) in [5.41, 5.74) is 0.613. The van der Waals surface area contributed by atoms with Gasteiger partial charge in [-0.15, -0.1) is 0 Å². The normalized spacial score (nSPS) is 11.5. The zero-order chi connectivity index (χ0) is 11.6. The van der Waals surface area contributed by atoms with E-state index in [9.17, 15) is 9.18 Å². The van der Waals surface area contributed by atoms with Crippen molar-refractivity contribution in [3.05, 3.63) is 35.1 Å². The van der Waals surface area contributed by atoms with Gasteiger partial charge in [0, 0.05) is 5.41 Å². The number of aryl methyl sites for hydroxylation is 1. The van der Waals surface area contributed by atoms with Crippen molar-refractivity contribution in [2.24, 2.45) is 0 Å². The number of carboxylic acid groups (broad SMARTS) is 1. The van der Waals surface area contributed by atoms with Crippen molar-refractivity contribution in [3.8, 4) is 0 Å². The molecule has 0 saturated heterocycles. The molecule has 0 heterocycles. The molecule has 0 unspecified atom stereocenters. The molecule has 0 spiro atoms. The van der Waals surface area contributed by atoms with E-state index < -0.39 is 11.4 Å². The smallest absolute Gasteiger partial charge is 0.304 e. The summed E-state index contributed by atoms with van der Waals surface area (Å²) in [5, 5.41) is 8.73. The van der Waals surface area contributed by atoms with Crippen LogP contribution in [0.15, 0.2) is 18.2 Å². The molecule has 3 heteroatoms. The molecule has 0 bridgehead atoms. The molecule has 1 aromatic carbocycles. The van der Waals surface area contributed by atoms with Crippen LogP contribution in [0, 0.1) is 12.7 Å². The molecule has 0 saturated carbocycles. The van der Waals surface area contributed by atoms with Gasteiger partial charge in [-0.25, -0.2) is 4.39 Å². The van der Waals surface area contributed by atoms with E-state index in [1.165, 1.54) is 6.07 Å². The topological polar surface area (TPSA) is 37.3 Å². The highest BCUT2D eigenvalue weighted by atomic mass is 19.1. The molecule has 2 nitrogen and oxygen atoms in total. The molecule has 1 N–H and O–H groups in total. The Balaban J connectivity index is 3.09. The SMILES string of the molecule is Cc1ccc(C(C)(C)CC(=O)O)c(F)c1. The van der Waals surface area contributed by atoms with Crippen LogP contribution < -0.4 is 0 Å². The van der Waals surface area contributed by atoms with Gasteiger partial charge in [0.15, 0.2) is 0 Å². The van der Waals surface area contributed by atoms with Crippen LogP contribution in [-0.4, -0.2) is 11.1 Å². The number of halogens is 1. The molecule has 0 aliphatic rings. The minimum atomic E-state index is -0.917. The molecular weight excluding hydrogens is 195 g/mol. The molecule has 0 aromatic heterocycles. The number of carbonyl (C=O) groups is 1. The minimum Gasteiger partial charge on any atom is -0.481 e. The van der Waals surface area contributed by atoms with Crippen LogP contribution in [-0.2, 0) is 10.2 Å². The lowest BCUT2D eigenvalue weighted by Gasteiger charge is -2.23. The lowest BCUT2D eigenvalue weighted by Crippen LogP contribution is -2.23. The van der Waals surface area contributed by atoms with Gasteiger partial charge in [-0.3, -0.25) is 4.79 Å². The maximum absolute atomic E-state index is 13.6. The number of aliphatic carboxylic acids is 1. The van der Waals surface area contributed by atoms with E-state index in [0.717, 1.165) is 5.56 Å². The number of hydrogen-bond donors (Lipinski definition) is 1. The van der Waals surface area contributed by atoms with Crippen molar-refractivity contribution in [3.63, 3.8) is 0 Å². The highest BCUT2D eigenvalue weighted by molar-refractivity contribution is 5.68. The highest BCUT2D eigenvalue weighted by Crippen LogP contribution is 2.29. The Bertz CT molecular complexity index is 383. The van der Waals surface area contributed by atoms with E-state index in [1.54, 1.807) is 32.9 Å². The van der Waals surface area contributed by atoms with Gasteiger partial charge in [0.05, 0.1) is 6.42 Å². The summed E-state index contributed by atoms with van der Waals surface area (Å²) in [4.78, 5) is 10.6. The molecule has 0 aliphatic heterocycles. The molecule has 0 aliphatic carbocycles. The maximum atomic E-state index is 13.6. The van der Waals surface area contributed by atoms with Crippen LogP contribution in [0.2, 0.25) is 0 Å². The monoisotopic (exact) mass is 210 g/mol. The number of benzene rings is 1.